The molecular formula is C20H20N2O2. The molecular weight excluding hydrogens is 300 g/mol. The van der Waals surface area contributed by atoms with Crippen LogP contribution in [0.25, 0.3) is 11.1 Å². The van der Waals surface area contributed by atoms with E-state index >= 15 is 0 Å². The zero-order chi connectivity index (χ0) is 16.5. The number of hydrogen-bond acceptors (Lipinski definition) is 3. The molecule has 2 aliphatic heterocycles. The molecule has 1 amide bonds. The number of hydrogen-bond donors (Lipinski definition) is 0. The van der Waals surface area contributed by atoms with Crippen molar-refractivity contribution in [3.63, 3.8) is 0 Å². The highest BCUT2D eigenvalue weighted by Gasteiger charge is 2.37. The zero-order valence-electron chi connectivity index (χ0n) is 13.7. The fourth-order valence-electron chi connectivity index (χ4n) is 3.79. The van der Waals surface area contributed by atoms with E-state index in [0.717, 1.165) is 53.8 Å². The van der Waals surface area contributed by atoms with Gasteiger partial charge in [-0.15, -0.1) is 0 Å². The monoisotopic (exact) mass is 320 g/mol. The van der Waals surface area contributed by atoms with Crippen LogP contribution in [0, 0.1) is 0 Å². The molecule has 0 saturated carbocycles. The van der Waals surface area contributed by atoms with Crippen molar-refractivity contribution in [2.24, 2.45) is 0 Å². The maximum absolute atomic E-state index is 13.1. The van der Waals surface area contributed by atoms with Gasteiger partial charge in [-0.2, -0.15) is 0 Å². The quantitative estimate of drug-likeness (QED) is 0.870. The van der Waals surface area contributed by atoms with Crippen LogP contribution in [-0.4, -0.2) is 35.5 Å². The fraction of sp³-hybridized carbons (Fsp3) is 0.300. The average molecular weight is 320 g/mol. The summed E-state index contributed by atoms with van der Waals surface area (Å²) in [6, 6.07) is 12.2. The number of fused-ring (bicyclic) bond motifs is 1. The Morgan fingerprint density at radius 1 is 1.17 bits per heavy atom. The molecule has 0 spiro atoms. The predicted molar refractivity (Wildman–Crippen MR) is 93.4 cm³/mol. The molecule has 1 atom stereocenters. The number of rotatable bonds is 3. The Bertz CT molecular complexity index is 781. The summed E-state index contributed by atoms with van der Waals surface area (Å²) in [4.78, 5) is 19.4. The van der Waals surface area contributed by atoms with Crippen molar-refractivity contribution >= 4 is 17.1 Å². The van der Waals surface area contributed by atoms with Crippen LogP contribution >= 0.6 is 0 Å². The van der Waals surface area contributed by atoms with E-state index in [1.165, 1.54) is 0 Å². The van der Waals surface area contributed by atoms with Gasteiger partial charge in [0.1, 0.15) is 5.75 Å². The van der Waals surface area contributed by atoms with Gasteiger partial charge in [-0.25, -0.2) is 0 Å². The van der Waals surface area contributed by atoms with Crippen LogP contribution in [0.5, 0.6) is 5.75 Å². The summed E-state index contributed by atoms with van der Waals surface area (Å²) in [7, 11) is 1.66. The third-order valence-electron chi connectivity index (χ3n) is 4.98. The molecule has 4 heteroatoms. The number of pyridine rings is 1. The molecule has 1 aromatic heterocycles. The minimum atomic E-state index is 0.141. The van der Waals surface area contributed by atoms with Crippen LogP contribution in [0.15, 0.2) is 48.8 Å². The molecule has 3 heterocycles. The first-order valence-electron chi connectivity index (χ1n) is 8.37. The number of ether oxygens (including phenoxy) is 1. The van der Waals surface area contributed by atoms with Crippen LogP contribution in [-0.2, 0) is 4.79 Å². The summed E-state index contributed by atoms with van der Waals surface area (Å²) in [5.74, 6) is 0.967. The number of amides is 1. The number of nitrogens with zero attached hydrogens (tertiary/aromatic N) is 2. The maximum Gasteiger partial charge on any atom is 0.255 e. The highest BCUT2D eigenvalue weighted by molar-refractivity contribution is 6.28. The maximum atomic E-state index is 13.1. The summed E-state index contributed by atoms with van der Waals surface area (Å²) < 4.78 is 5.26. The van der Waals surface area contributed by atoms with Gasteiger partial charge in [-0.1, -0.05) is 18.2 Å². The van der Waals surface area contributed by atoms with E-state index in [1.807, 2.05) is 41.3 Å². The number of carbonyl (C=O) groups excluding carboxylic acids is 1. The van der Waals surface area contributed by atoms with Crippen molar-refractivity contribution in [2.45, 2.75) is 25.3 Å². The van der Waals surface area contributed by atoms with Gasteiger partial charge in [0.2, 0.25) is 0 Å². The minimum absolute atomic E-state index is 0.141. The topological polar surface area (TPSA) is 42.4 Å². The summed E-state index contributed by atoms with van der Waals surface area (Å²) in [6.07, 6.45) is 6.61. The van der Waals surface area contributed by atoms with Crippen LogP contribution in [0.1, 0.15) is 30.4 Å². The Labute approximate surface area is 141 Å². The van der Waals surface area contributed by atoms with E-state index in [0.29, 0.717) is 6.04 Å². The average Bonchev–Trinajstić information content (AvgIpc) is 3.11. The van der Waals surface area contributed by atoms with Gasteiger partial charge in [-0.3, -0.25) is 9.78 Å². The second-order valence-electron chi connectivity index (χ2n) is 6.32. The molecule has 2 aliphatic rings. The molecule has 0 bridgehead atoms. The SMILES string of the molecule is COc1ccc(C2=C(c3cccnc3)C(=O)N3CCC[C@H]3C2)cc1. The number of benzene rings is 1. The van der Waals surface area contributed by atoms with Crippen molar-refractivity contribution in [1.29, 1.82) is 0 Å². The lowest BCUT2D eigenvalue weighted by atomic mass is 9.86. The highest BCUT2D eigenvalue weighted by Crippen LogP contribution is 2.40. The molecule has 0 aliphatic carbocycles. The van der Waals surface area contributed by atoms with Crippen LogP contribution in [0.3, 0.4) is 0 Å². The van der Waals surface area contributed by atoms with Crippen molar-refractivity contribution in [1.82, 2.24) is 9.88 Å². The third kappa shape index (κ3) is 2.48. The first-order valence-corrected chi connectivity index (χ1v) is 8.37. The van der Waals surface area contributed by atoms with Gasteiger partial charge in [0, 0.05) is 30.5 Å². The van der Waals surface area contributed by atoms with Gasteiger partial charge in [-0.05, 0) is 48.6 Å². The highest BCUT2D eigenvalue weighted by atomic mass is 16.5. The number of carbonyl (C=O) groups is 1. The van der Waals surface area contributed by atoms with E-state index in [-0.39, 0.29) is 5.91 Å². The summed E-state index contributed by atoms with van der Waals surface area (Å²) >= 11 is 0. The molecule has 24 heavy (non-hydrogen) atoms. The van der Waals surface area contributed by atoms with Gasteiger partial charge in [0.25, 0.3) is 5.91 Å². The number of methoxy groups -OCH3 is 1. The minimum Gasteiger partial charge on any atom is -0.497 e. The molecule has 1 aromatic carbocycles. The summed E-state index contributed by atoms with van der Waals surface area (Å²) in [5.41, 5.74) is 3.92. The predicted octanol–water partition coefficient (Wildman–Crippen LogP) is 3.40. The first-order chi connectivity index (χ1) is 11.8. The van der Waals surface area contributed by atoms with Crippen LogP contribution < -0.4 is 4.74 Å². The summed E-state index contributed by atoms with van der Waals surface area (Å²) in [5, 5.41) is 0. The zero-order valence-corrected chi connectivity index (χ0v) is 13.7. The molecule has 122 valence electrons. The Hall–Kier alpha value is -2.62. The lowest BCUT2D eigenvalue weighted by molar-refractivity contribution is -0.126. The van der Waals surface area contributed by atoms with E-state index in [1.54, 1.807) is 19.5 Å². The lowest BCUT2D eigenvalue weighted by Crippen LogP contribution is -2.39. The second kappa shape index (κ2) is 6.11. The van der Waals surface area contributed by atoms with Gasteiger partial charge in [0.05, 0.1) is 12.7 Å². The van der Waals surface area contributed by atoms with Crippen molar-refractivity contribution in [2.75, 3.05) is 13.7 Å². The van der Waals surface area contributed by atoms with E-state index < -0.39 is 0 Å². The Kier molecular flexibility index (Phi) is 3.81. The van der Waals surface area contributed by atoms with Gasteiger partial charge >= 0.3 is 0 Å². The van der Waals surface area contributed by atoms with Crippen LogP contribution in [0.2, 0.25) is 0 Å². The van der Waals surface area contributed by atoms with E-state index in [2.05, 4.69) is 4.98 Å². The molecule has 1 saturated heterocycles. The van der Waals surface area contributed by atoms with Crippen molar-refractivity contribution < 1.29 is 9.53 Å². The van der Waals surface area contributed by atoms with E-state index in [4.69, 9.17) is 4.74 Å². The molecule has 0 radical (unpaired) electrons. The van der Waals surface area contributed by atoms with Crippen molar-refractivity contribution in [3.8, 4) is 5.75 Å². The normalized spacial score (nSPS) is 20.3. The first kappa shape index (κ1) is 14.9. The standard InChI is InChI=1S/C20H20N2O2/c1-24-17-8-6-14(7-9-17)18-12-16-5-3-11-22(16)20(23)19(18)15-4-2-10-21-13-15/h2,4,6-10,13,16H,3,5,11-12H2,1H3/t16-/m0/s1. The molecule has 4 rings (SSSR count). The van der Waals surface area contributed by atoms with E-state index in [9.17, 15) is 4.79 Å². The Morgan fingerprint density at radius 2 is 2.00 bits per heavy atom. The molecule has 2 aromatic rings. The third-order valence-corrected chi connectivity index (χ3v) is 4.98. The van der Waals surface area contributed by atoms with Gasteiger partial charge in [0.15, 0.2) is 0 Å². The lowest BCUT2D eigenvalue weighted by Gasteiger charge is -2.33. The van der Waals surface area contributed by atoms with Crippen LogP contribution in [0.4, 0.5) is 0 Å². The smallest absolute Gasteiger partial charge is 0.255 e. The molecule has 0 unspecified atom stereocenters. The molecule has 4 nitrogen and oxygen atoms in total. The fourth-order valence-corrected chi connectivity index (χ4v) is 3.79. The second-order valence-corrected chi connectivity index (χ2v) is 6.32. The Morgan fingerprint density at radius 3 is 2.71 bits per heavy atom. The van der Waals surface area contributed by atoms with Gasteiger partial charge < -0.3 is 9.64 Å². The molecule has 1 fully saturated rings. The largest absolute Gasteiger partial charge is 0.497 e. The van der Waals surface area contributed by atoms with Crippen molar-refractivity contribution in [3.05, 3.63) is 59.9 Å². The number of aromatic nitrogens is 1. The summed E-state index contributed by atoms with van der Waals surface area (Å²) in [6.45, 7) is 0.864. The Balaban J connectivity index is 1.86. The molecule has 0 N–H and O–H groups in total.